The largest absolute Gasteiger partial charge is 0.465 e. The topological polar surface area (TPSA) is 26.3 Å². The summed E-state index contributed by atoms with van der Waals surface area (Å²) in [7, 11) is 0. The molecule has 0 fully saturated rings. The lowest BCUT2D eigenvalue weighted by Gasteiger charge is -2.30. The Morgan fingerprint density at radius 3 is 1.96 bits per heavy atom. The van der Waals surface area contributed by atoms with Crippen LogP contribution in [0.3, 0.4) is 0 Å². The predicted molar refractivity (Wildman–Crippen MR) is 69.4 cm³/mol. The average Bonchev–Trinajstić information content (AvgIpc) is 2.39. The van der Waals surface area contributed by atoms with Crippen LogP contribution in [-0.2, 0) is 9.53 Å². The summed E-state index contributed by atoms with van der Waals surface area (Å²) in [4.78, 5) is 11.7. The van der Waals surface area contributed by atoms with E-state index in [0.717, 1.165) is 0 Å². The van der Waals surface area contributed by atoms with E-state index in [2.05, 4.69) is 0 Å². The van der Waals surface area contributed by atoms with Crippen molar-refractivity contribution in [3.63, 3.8) is 0 Å². The zero-order valence-corrected chi connectivity index (χ0v) is 13.2. The van der Waals surface area contributed by atoms with E-state index in [0.29, 0.717) is 6.42 Å². The van der Waals surface area contributed by atoms with Crippen molar-refractivity contribution in [3.05, 3.63) is 0 Å². The van der Waals surface area contributed by atoms with Crippen molar-refractivity contribution in [2.24, 2.45) is 11.8 Å². The van der Waals surface area contributed by atoms with Crippen molar-refractivity contribution in [2.45, 2.75) is 64.5 Å². The summed E-state index contributed by atoms with van der Waals surface area (Å²) >= 11 is 0. The van der Waals surface area contributed by atoms with Gasteiger partial charge in [-0.2, -0.15) is 30.7 Å². The summed E-state index contributed by atoms with van der Waals surface area (Å²) in [6, 6.07) is 0. The molecule has 1 unspecified atom stereocenters. The van der Waals surface area contributed by atoms with Crippen LogP contribution in [0.2, 0.25) is 0 Å². The molecule has 0 aliphatic heterocycles. The second-order valence-electron chi connectivity index (χ2n) is 5.84. The molecule has 0 rings (SSSR count). The van der Waals surface area contributed by atoms with Crippen LogP contribution in [0, 0.1) is 11.8 Å². The first-order valence-electron chi connectivity index (χ1n) is 7.25. The molecule has 0 aliphatic carbocycles. The summed E-state index contributed by atoms with van der Waals surface area (Å²) in [5, 5.41) is 0. The second kappa shape index (κ2) is 8.19. The highest BCUT2D eigenvalue weighted by Crippen LogP contribution is 2.49. The van der Waals surface area contributed by atoms with Gasteiger partial charge in [-0.05, 0) is 12.3 Å². The van der Waals surface area contributed by atoms with Crippen molar-refractivity contribution >= 4 is 5.97 Å². The third kappa shape index (κ3) is 6.18. The van der Waals surface area contributed by atoms with Gasteiger partial charge in [-0.1, -0.05) is 33.6 Å². The molecule has 0 N–H and O–H groups in total. The van der Waals surface area contributed by atoms with Gasteiger partial charge in [0, 0.05) is 6.42 Å². The molecule has 138 valence electrons. The molecule has 23 heavy (non-hydrogen) atoms. The molecule has 1 atom stereocenters. The fraction of sp³-hybridized carbons (Fsp3) is 0.929. The van der Waals surface area contributed by atoms with Gasteiger partial charge in [-0.3, -0.25) is 4.79 Å². The minimum atomic E-state index is -6.40. The van der Waals surface area contributed by atoms with Crippen molar-refractivity contribution in [2.75, 3.05) is 6.61 Å². The van der Waals surface area contributed by atoms with Gasteiger partial charge in [0.1, 0.15) is 0 Å². The highest BCUT2D eigenvalue weighted by Gasteiger charge is 2.73. The van der Waals surface area contributed by atoms with Gasteiger partial charge >= 0.3 is 24.0 Å². The Bertz CT molecular complexity index is 378. The highest BCUT2D eigenvalue weighted by molar-refractivity contribution is 5.72. The van der Waals surface area contributed by atoms with E-state index in [-0.39, 0.29) is 25.4 Å². The number of carbonyl (C=O) groups excluding carboxylic acids is 1. The summed E-state index contributed by atoms with van der Waals surface area (Å²) in [6.45, 7) is 4.88. The molecule has 0 aromatic carbocycles. The van der Waals surface area contributed by atoms with Crippen molar-refractivity contribution in [1.29, 1.82) is 0 Å². The fourth-order valence-corrected chi connectivity index (χ4v) is 1.77. The van der Waals surface area contributed by atoms with E-state index in [1.54, 1.807) is 20.8 Å². The molecule has 0 aromatic rings. The molecule has 0 spiro atoms. The number of hydrogen-bond donors (Lipinski definition) is 0. The first kappa shape index (κ1) is 22.0. The molecule has 0 aliphatic rings. The number of alkyl halides is 7. The molecular weight excluding hydrogens is 333 g/mol. The van der Waals surface area contributed by atoms with Gasteiger partial charge < -0.3 is 4.74 Å². The first-order chi connectivity index (χ1) is 10.3. The molecule has 0 aromatic heterocycles. The first-order valence-corrected chi connectivity index (χ1v) is 7.25. The minimum Gasteiger partial charge on any atom is -0.465 e. The molecule has 0 amide bonds. The van der Waals surface area contributed by atoms with Crippen LogP contribution >= 0.6 is 0 Å². The standard InChI is InChI=1S/C14H21F7O2/c1-4-5-6-10(11(22)23-8-9(2)3)7-12(15,16)13(17,18)14(19,20)21/h9-10H,4-8H2,1-3H3. The van der Waals surface area contributed by atoms with E-state index >= 15 is 0 Å². The Morgan fingerprint density at radius 1 is 1.04 bits per heavy atom. The highest BCUT2D eigenvalue weighted by atomic mass is 19.4. The van der Waals surface area contributed by atoms with E-state index < -0.39 is 36.3 Å². The number of hydrogen-bond acceptors (Lipinski definition) is 2. The number of unbranched alkanes of at least 4 members (excludes halogenated alkanes) is 1. The van der Waals surface area contributed by atoms with Gasteiger partial charge in [0.25, 0.3) is 0 Å². The lowest BCUT2D eigenvalue weighted by Crippen LogP contribution is -2.53. The zero-order chi connectivity index (χ0) is 18.5. The molecule has 0 saturated heterocycles. The Labute approximate surface area is 130 Å². The van der Waals surface area contributed by atoms with Gasteiger partial charge in [0.2, 0.25) is 0 Å². The molecule has 2 nitrogen and oxygen atoms in total. The maximum Gasteiger partial charge on any atom is 0.459 e. The lowest BCUT2D eigenvalue weighted by molar-refractivity contribution is -0.357. The van der Waals surface area contributed by atoms with E-state index in [1.165, 1.54) is 0 Å². The van der Waals surface area contributed by atoms with Gasteiger partial charge in [-0.25, -0.2) is 0 Å². The summed E-state index contributed by atoms with van der Waals surface area (Å²) in [6.07, 6.45) is -7.84. The summed E-state index contributed by atoms with van der Waals surface area (Å²) in [5.74, 6) is -14.6. The Morgan fingerprint density at radius 2 is 1.57 bits per heavy atom. The minimum absolute atomic E-state index is 0.122. The molecule has 0 radical (unpaired) electrons. The van der Waals surface area contributed by atoms with Crippen LogP contribution in [-0.4, -0.2) is 30.6 Å². The number of rotatable bonds is 9. The van der Waals surface area contributed by atoms with Crippen LogP contribution in [0.5, 0.6) is 0 Å². The van der Waals surface area contributed by atoms with E-state index in [4.69, 9.17) is 4.74 Å². The Hall–Kier alpha value is -1.02. The monoisotopic (exact) mass is 354 g/mol. The summed E-state index contributed by atoms with van der Waals surface area (Å²) < 4.78 is 93.9. The van der Waals surface area contributed by atoms with Gasteiger partial charge in [0.15, 0.2) is 0 Å². The Balaban J connectivity index is 5.16. The third-order valence-corrected chi connectivity index (χ3v) is 3.12. The van der Waals surface area contributed by atoms with Crippen LogP contribution < -0.4 is 0 Å². The molecule has 9 heteroatoms. The van der Waals surface area contributed by atoms with Crippen molar-refractivity contribution < 1.29 is 40.3 Å². The van der Waals surface area contributed by atoms with Crippen LogP contribution in [0.1, 0.15) is 46.5 Å². The van der Waals surface area contributed by atoms with E-state index in [1.807, 2.05) is 0 Å². The van der Waals surface area contributed by atoms with Crippen molar-refractivity contribution in [1.82, 2.24) is 0 Å². The zero-order valence-electron chi connectivity index (χ0n) is 13.2. The normalized spacial score (nSPS) is 14.9. The van der Waals surface area contributed by atoms with Crippen LogP contribution in [0.4, 0.5) is 30.7 Å². The number of esters is 1. The molecule has 0 bridgehead atoms. The fourth-order valence-electron chi connectivity index (χ4n) is 1.77. The molecule has 0 heterocycles. The van der Waals surface area contributed by atoms with Crippen LogP contribution in [0.15, 0.2) is 0 Å². The third-order valence-electron chi connectivity index (χ3n) is 3.12. The maximum atomic E-state index is 13.5. The number of carbonyl (C=O) groups is 1. The SMILES string of the molecule is CCCCC(CC(F)(F)C(F)(F)C(F)(F)F)C(=O)OCC(C)C. The Kier molecular flexibility index (Phi) is 7.83. The van der Waals surface area contributed by atoms with E-state index in [9.17, 15) is 35.5 Å². The molecular formula is C14H21F7O2. The maximum absolute atomic E-state index is 13.5. The smallest absolute Gasteiger partial charge is 0.459 e. The average molecular weight is 354 g/mol. The molecule has 0 saturated carbocycles. The van der Waals surface area contributed by atoms with Crippen molar-refractivity contribution in [3.8, 4) is 0 Å². The number of halogens is 7. The quantitative estimate of drug-likeness (QED) is 0.419. The number of ether oxygens (including phenoxy) is 1. The summed E-state index contributed by atoms with van der Waals surface area (Å²) in [5.41, 5.74) is 0. The predicted octanol–water partition coefficient (Wildman–Crippen LogP) is 5.22. The lowest BCUT2D eigenvalue weighted by atomic mass is 9.92. The second-order valence-corrected chi connectivity index (χ2v) is 5.84. The van der Waals surface area contributed by atoms with Gasteiger partial charge in [-0.15, -0.1) is 0 Å². The van der Waals surface area contributed by atoms with Crippen LogP contribution in [0.25, 0.3) is 0 Å². The van der Waals surface area contributed by atoms with Gasteiger partial charge in [0.05, 0.1) is 12.5 Å².